The van der Waals surface area contributed by atoms with Gasteiger partial charge in [-0.25, -0.2) is 9.97 Å². The Labute approximate surface area is 151 Å². The minimum atomic E-state index is -0.180. The minimum Gasteiger partial charge on any atom is -0.508 e. The molecule has 0 spiro atoms. The third-order valence-corrected chi connectivity index (χ3v) is 4.81. The molecule has 2 aromatic carbocycles. The SMILES string of the molecule is CC(C)c1ccc2nc(N)nc(C(=O)N3Cc4ccc(O)cc4C3)c2c1. The molecule has 0 saturated carbocycles. The lowest BCUT2D eigenvalue weighted by molar-refractivity contribution is 0.0747. The first kappa shape index (κ1) is 16.3. The fraction of sp³-hybridized carbons (Fsp3) is 0.250. The van der Waals surface area contributed by atoms with E-state index in [4.69, 9.17) is 5.73 Å². The van der Waals surface area contributed by atoms with Crippen molar-refractivity contribution >= 4 is 22.8 Å². The van der Waals surface area contributed by atoms with Crippen LogP contribution in [0.2, 0.25) is 0 Å². The standard InChI is InChI=1S/C20H20N4O2/c1-11(2)12-4-6-17-16(8-12)18(23-20(21)22-17)19(26)24-9-13-3-5-15(25)7-14(13)10-24/h3-8,11,25H,9-10H2,1-2H3,(H2,21,22,23). The summed E-state index contributed by atoms with van der Waals surface area (Å²) >= 11 is 0. The third kappa shape index (κ3) is 2.73. The molecule has 4 rings (SSSR count). The number of phenols is 1. The molecule has 0 aliphatic carbocycles. The van der Waals surface area contributed by atoms with Gasteiger partial charge < -0.3 is 15.7 Å². The number of carbonyl (C=O) groups excluding carboxylic acids is 1. The Bertz CT molecular complexity index is 1030. The van der Waals surface area contributed by atoms with Crippen molar-refractivity contribution in [3.63, 3.8) is 0 Å². The Hall–Kier alpha value is -3.15. The molecule has 2 heterocycles. The quantitative estimate of drug-likeness (QED) is 0.742. The largest absolute Gasteiger partial charge is 0.508 e. The zero-order valence-corrected chi connectivity index (χ0v) is 14.7. The molecule has 1 aliphatic rings. The van der Waals surface area contributed by atoms with Gasteiger partial charge in [0, 0.05) is 18.5 Å². The topological polar surface area (TPSA) is 92.3 Å². The molecule has 1 aromatic heterocycles. The second kappa shape index (κ2) is 5.98. The molecule has 3 N–H and O–H groups in total. The summed E-state index contributed by atoms with van der Waals surface area (Å²) in [4.78, 5) is 23.4. The fourth-order valence-electron chi connectivity index (χ4n) is 3.36. The number of hydrogen-bond acceptors (Lipinski definition) is 5. The molecule has 1 aliphatic heterocycles. The molecule has 3 aromatic rings. The van der Waals surface area contributed by atoms with Crippen molar-refractivity contribution in [1.29, 1.82) is 0 Å². The van der Waals surface area contributed by atoms with Crippen molar-refractivity contribution in [2.75, 3.05) is 5.73 Å². The second-order valence-corrected chi connectivity index (χ2v) is 6.98. The van der Waals surface area contributed by atoms with E-state index in [9.17, 15) is 9.90 Å². The highest BCUT2D eigenvalue weighted by Crippen LogP contribution is 2.29. The van der Waals surface area contributed by atoms with E-state index in [-0.39, 0.29) is 17.6 Å². The van der Waals surface area contributed by atoms with Crippen LogP contribution in [0.5, 0.6) is 5.75 Å². The smallest absolute Gasteiger partial charge is 0.273 e. The van der Waals surface area contributed by atoms with Crippen molar-refractivity contribution in [3.05, 3.63) is 58.8 Å². The maximum absolute atomic E-state index is 13.2. The number of fused-ring (bicyclic) bond motifs is 2. The summed E-state index contributed by atoms with van der Waals surface area (Å²) < 4.78 is 0. The van der Waals surface area contributed by atoms with Gasteiger partial charge >= 0.3 is 0 Å². The van der Waals surface area contributed by atoms with Crippen LogP contribution < -0.4 is 5.73 Å². The summed E-state index contributed by atoms with van der Waals surface area (Å²) in [5, 5.41) is 10.4. The molecule has 0 bridgehead atoms. The molecule has 1 amide bonds. The molecule has 6 heteroatoms. The van der Waals surface area contributed by atoms with Crippen molar-refractivity contribution in [2.45, 2.75) is 32.9 Å². The third-order valence-electron chi connectivity index (χ3n) is 4.81. The van der Waals surface area contributed by atoms with Crippen LogP contribution >= 0.6 is 0 Å². The van der Waals surface area contributed by atoms with Crippen LogP contribution in [0, 0.1) is 0 Å². The summed E-state index contributed by atoms with van der Waals surface area (Å²) in [7, 11) is 0. The minimum absolute atomic E-state index is 0.0903. The Morgan fingerprint density at radius 3 is 2.65 bits per heavy atom. The predicted octanol–water partition coefficient (Wildman–Crippen LogP) is 3.20. The second-order valence-electron chi connectivity index (χ2n) is 6.98. The molecule has 0 saturated heterocycles. The predicted molar refractivity (Wildman–Crippen MR) is 99.7 cm³/mol. The molecule has 0 unspecified atom stereocenters. The van der Waals surface area contributed by atoms with E-state index in [1.165, 1.54) is 0 Å². The van der Waals surface area contributed by atoms with Crippen molar-refractivity contribution in [1.82, 2.24) is 14.9 Å². The first-order chi connectivity index (χ1) is 12.4. The number of phenolic OH excluding ortho intramolecular Hbond substituents is 1. The molecular formula is C20H20N4O2. The molecule has 132 valence electrons. The van der Waals surface area contributed by atoms with Crippen molar-refractivity contribution in [2.24, 2.45) is 0 Å². The highest BCUT2D eigenvalue weighted by molar-refractivity contribution is 6.05. The van der Waals surface area contributed by atoms with Crippen LogP contribution in [-0.4, -0.2) is 25.9 Å². The van der Waals surface area contributed by atoms with Crippen LogP contribution in [0.1, 0.15) is 46.9 Å². The van der Waals surface area contributed by atoms with Crippen molar-refractivity contribution < 1.29 is 9.90 Å². The average molecular weight is 348 g/mol. The van der Waals surface area contributed by atoms with E-state index < -0.39 is 0 Å². The number of aromatic hydroxyl groups is 1. The lowest BCUT2D eigenvalue weighted by Gasteiger charge is -2.17. The van der Waals surface area contributed by atoms with Crippen molar-refractivity contribution in [3.8, 4) is 5.75 Å². The summed E-state index contributed by atoms with van der Waals surface area (Å²) in [6, 6.07) is 11.0. The highest BCUT2D eigenvalue weighted by Gasteiger charge is 2.27. The van der Waals surface area contributed by atoms with Gasteiger partial charge in [-0.15, -0.1) is 0 Å². The molecule has 26 heavy (non-hydrogen) atoms. The Morgan fingerprint density at radius 2 is 1.88 bits per heavy atom. The van der Waals surface area contributed by atoms with Crippen LogP contribution in [0.15, 0.2) is 36.4 Å². The van der Waals surface area contributed by atoms with Gasteiger partial charge in [-0.05, 0) is 46.9 Å². The molecule has 0 fully saturated rings. The van der Waals surface area contributed by atoms with Crippen LogP contribution in [-0.2, 0) is 13.1 Å². The van der Waals surface area contributed by atoms with Crippen LogP contribution in [0.4, 0.5) is 5.95 Å². The lowest BCUT2D eigenvalue weighted by atomic mass is 10.0. The number of nitrogen functional groups attached to an aromatic ring is 1. The van der Waals surface area contributed by atoms with Gasteiger partial charge in [-0.3, -0.25) is 4.79 Å². The summed E-state index contributed by atoms with van der Waals surface area (Å²) in [6.07, 6.45) is 0. The zero-order chi connectivity index (χ0) is 18.4. The van der Waals surface area contributed by atoms with E-state index in [0.717, 1.165) is 16.7 Å². The van der Waals surface area contributed by atoms with E-state index in [1.54, 1.807) is 17.0 Å². The Balaban J connectivity index is 1.76. The van der Waals surface area contributed by atoms with Gasteiger partial charge in [-0.1, -0.05) is 26.0 Å². The highest BCUT2D eigenvalue weighted by atomic mass is 16.3. The number of nitrogens with zero attached hydrogens (tertiary/aromatic N) is 3. The first-order valence-corrected chi connectivity index (χ1v) is 8.59. The number of benzene rings is 2. The van der Waals surface area contributed by atoms with Crippen LogP contribution in [0.25, 0.3) is 10.9 Å². The van der Waals surface area contributed by atoms with Gasteiger partial charge in [0.25, 0.3) is 5.91 Å². The number of hydrogen-bond donors (Lipinski definition) is 2. The van der Waals surface area contributed by atoms with Gasteiger partial charge in [0.1, 0.15) is 11.4 Å². The Kier molecular flexibility index (Phi) is 3.76. The maximum atomic E-state index is 13.2. The normalized spacial score (nSPS) is 13.4. The lowest BCUT2D eigenvalue weighted by Crippen LogP contribution is -2.27. The molecule has 0 radical (unpaired) electrons. The van der Waals surface area contributed by atoms with Crippen LogP contribution in [0.3, 0.4) is 0 Å². The number of carbonyl (C=O) groups is 1. The fourth-order valence-corrected chi connectivity index (χ4v) is 3.36. The summed E-state index contributed by atoms with van der Waals surface area (Å²) in [5.41, 5.74) is 9.93. The van der Waals surface area contributed by atoms with E-state index >= 15 is 0 Å². The molecular weight excluding hydrogens is 328 g/mol. The molecule has 0 atom stereocenters. The molecule has 6 nitrogen and oxygen atoms in total. The first-order valence-electron chi connectivity index (χ1n) is 8.59. The van der Waals surface area contributed by atoms with E-state index in [1.807, 2.05) is 24.3 Å². The Morgan fingerprint density at radius 1 is 1.12 bits per heavy atom. The van der Waals surface area contributed by atoms with Gasteiger partial charge in [0.2, 0.25) is 5.95 Å². The number of amides is 1. The maximum Gasteiger partial charge on any atom is 0.273 e. The van der Waals surface area contributed by atoms with Gasteiger partial charge in [0.05, 0.1) is 5.52 Å². The van der Waals surface area contributed by atoms with E-state index in [0.29, 0.717) is 35.6 Å². The van der Waals surface area contributed by atoms with Gasteiger partial charge in [0.15, 0.2) is 0 Å². The number of anilines is 1. The van der Waals surface area contributed by atoms with E-state index in [2.05, 4.69) is 23.8 Å². The van der Waals surface area contributed by atoms with Gasteiger partial charge in [-0.2, -0.15) is 0 Å². The summed E-state index contributed by atoms with van der Waals surface area (Å²) in [6.45, 7) is 5.14. The average Bonchev–Trinajstić information content (AvgIpc) is 3.02. The summed E-state index contributed by atoms with van der Waals surface area (Å²) in [5.74, 6) is 0.448. The monoisotopic (exact) mass is 348 g/mol. The number of rotatable bonds is 2. The number of aromatic nitrogens is 2. The zero-order valence-electron chi connectivity index (χ0n) is 14.7. The number of nitrogens with two attached hydrogens (primary N) is 1.